The highest BCUT2D eigenvalue weighted by atomic mass is 35.5. The van der Waals surface area contributed by atoms with Gasteiger partial charge in [0, 0.05) is 17.5 Å². The highest BCUT2D eigenvalue weighted by molar-refractivity contribution is 6.33. The smallest absolute Gasteiger partial charge is 0.181 e. The van der Waals surface area contributed by atoms with E-state index < -0.39 is 0 Å². The molecule has 0 saturated carbocycles. The number of aromatic nitrogens is 3. The first-order chi connectivity index (χ1) is 8.50. The van der Waals surface area contributed by atoms with Gasteiger partial charge >= 0.3 is 0 Å². The average molecular weight is 282 g/mol. The number of pyridine rings is 1. The number of nitrogens with zero attached hydrogens (tertiary/aromatic N) is 3. The summed E-state index contributed by atoms with van der Waals surface area (Å²) in [6.07, 6.45) is 1.66. The summed E-state index contributed by atoms with van der Waals surface area (Å²) in [6.45, 7) is 6.04. The van der Waals surface area contributed by atoms with E-state index in [1.807, 2.05) is 6.92 Å². The van der Waals surface area contributed by atoms with Crippen LogP contribution in [0, 0.1) is 6.92 Å². The first kappa shape index (κ1) is 13.2. The van der Waals surface area contributed by atoms with Crippen LogP contribution in [0.4, 0.5) is 0 Å². The number of rotatable bonds is 2. The van der Waals surface area contributed by atoms with E-state index in [0.29, 0.717) is 21.7 Å². The SMILES string of the molecule is Cc1nc(-c2ncccc2Cl)nc(Cl)c1C(C)C. The van der Waals surface area contributed by atoms with E-state index >= 15 is 0 Å². The molecular weight excluding hydrogens is 269 g/mol. The molecule has 0 unspecified atom stereocenters. The van der Waals surface area contributed by atoms with Gasteiger partial charge in [0.15, 0.2) is 5.82 Å². The van der Waals surface area contributed by atoms with Gasteiger partial charge in [-0.25, -0.2) is 9.97 Å². The van der Waals surface area contributed by atoms with Crippen molar-refractivity contribution in [1.29, 1.82) is 0 Å². The fourth-order valence-corrected chi connectivity index (χ4v) is 2.50. The third-order valence-corrected chi connectivity index (χ3v) is 3.23. The molecule has 0 aromatic carbocycles. The Morgan fingerprint density at radius 3 is 2.44 bits per heavy atom. The molecule has 0 radical (unpaired) electrons. The Morgan fingerprint density at radius 2 is 1.89 bits per heavy atom. The Kier molecular flexibility index (Phi) is 3.83. The number of halogens is 2. The van der Waals surface area contributed by atoms with Gasteiger partial charge in [0.25, 0.3) is 0 Å². The zero-order chi connectivity index (χ0) is 13.3. The average Bonchev–Trinajstić information content (AvgIpc) is 2.27. The summed E-state index contributed by atoms with van der Waals surface area (Å²) in [5.41, 5.74) is 2.38. The zero-order valence-corrected chi connectivity index (χ0v) is 11.9. The van der Waals surface area contributed by atoms with Crippen LogP contribution in [0.5, 0.6) is 0 Å². The molecule has 0 aliphatic rings. The van der Waals surface area contributed by atoms with E-state index in [4.69, 9.17) is 23.2 Å². The highest BCUT2D eigenvalue weighted by Crippen LogP contribution is 2.29. The van der Waals surface area contributed by atoms with Gasteiger partial charge < -0.3 is 0 Å². The molecule has 0 aliphatic heterocycles. The van der Waals surface area contributed by atoms with Crippen molar-refractivity contribution < 1.29 is 0 Å². The first-order valence-electron chi connectivity index (χ1n) is 5.65. The molecule has 94 valence electrons. The highest BCUT2D eigenvalue weighted by Gasteiger charge is 2.16. The van der Waals surface area contributed by atoms with E-state index in [2.05, 4.69) is 28.8 Å². The molecule has 0 fully saturated rings. The minimum atomic E-state index is 0.283. The van der Waals surface area contributed by atoms with Crippen LogP contribution in [-0.2, 0) is 0 Å². The summed E-state index contributed by atoms with van der Waals surface area (Å²) in [7, 11) is 0. The molecule has 3 nitrogen and oxygen atoms in total. The zero-order valence-electron chi connectivity index (χ0n) is 10.4. The van der Waals surface area contributed by atoms with Crippen molar-refractivity contribution in [3.05, 3.63) is 39.8 Å². The molecular formula is C13H13Cl2N3. The molecule has 2 rings (SSSR count). The number of aryl methyl sites for hydroxylation is 1. The molecule has 2 aromatic rings. The summed E-state index contributed by atoms with van der Waals surface area (Å²) >= 11 is 12.3. The van der Waals surface area contributed by atoms with Crippen molar-refractivity contribution in [3.63, 3.8) is 0 Å². The van der Waals surface area contributed by atoms with Crippen LogP contribution in [-0.4, -0.2) is 15.0 Å². The van der Waals surface area contributed by atoms with Crippen LogP contribution in [0.2, 0.25) is 10.2 Å². The molecule has 0 atom stereocenters. The number of hydrogen-bond donors (Lipinski definition) is 0. The van der Waals surface area contributed by atoms with Crippen molar-refractivity contribution in [1.82, 2.24) is 15.0 Å². The van der Waals surface area contributed by atoms with Crippen LogP contribution < -0.4 is 0 Å². The Hall–Kier alpha value is -1.19. The molecule has 0 bridgehead atoms. The minimum Gasteiger partial charge on any atom is -0.251 e. The molecule has 0 N–H and O–H groups in total. The second-order valence-corrected chi connectivity index (χ2v) is 5.09. The third-order valence-electron chi connectivity index (χ3n) is 2.64. The van der Waals surface area contributed by atoms with E-state index in [-0.39, 0.29) is 5.92 Å². The largest absolute Gasteiger partial charge is 0.251 e. The van der Waals surface area contributed by atoms with Gasteiger partial charge in [-0.15, -0.1) is 0 Å². The van der Waals surface area contributed by atoms with Crippen molar-refractivity contribution in [3.8, 4) is 11.5 Å². The van der Waals surface area contributed by atoms with Crippen LogP contribution in [0.1, 0.15) is 31.0 Å². The summed E-state index contributed by atoms with van der Waals surface area (Å²) in [4.78, 5) is 12.9. The summed E-state index contributed by atoms with van der Waals surface area (Å²) in [5, 5.41) is 0.986. The third kappa shape index (κ3) is 2.47. The van der Waals surface area contributed by atoms with Gasteiger partial charge in [0.05, 0.1) is 5.02 Å². The predicted molar refractivity (Wildman–Crippen MR) is 74.1 cm³/mol. The van der Waals surface area contributed by atoms with Gasteiger partial charge in [-0.05, 0) is 25.0 Å². The topological polar surface area (TPSA) is 38.7 Å². The van der Waals surface area contributed by atoms with E-state index in [1.54, 1.807) is 18.3 Å². The van der Waals surface area contributed by atoms with Crippen molar-refractivity contribution >= 4 is 23.2 Å². The molecule has 2 aromatic heterocycles. The molecule has 18 heavy (non-hydrogen) atoms. The van der Waals surface area contributed by atoms with Crippen LogP contribution in [0.25, 0.3) is 11.5 Å². The molecule has 5 heteroatoms. The van der Waals surface area contributed by atoms with Crippen LogP contribution in [0.15, 0.2) is 18.3 Å². The van der Waals surface area contributed by atoms with Crippen LogP contribution >= 0.6 is 23.2 Å². The minimum absolute atomic E-state index is 0.283. The first-order valence-corrected chi connectivity index (χ1v) is 6.41. The van der Waals surface area contributed by atoms with E-state index in [1.165, 1.54) is 0 Å². The van der Waals surface area contributed by atoms with Crippen LogP contribution in [0.3, 0.4) is 0 Å². The summed E-state index contributed by atoms with van der Waals surface area (Å²) < 4.78 is 0. The normalized spacial score (nSPS) is 11.0. The lowest BCUT2D eigenvalue weighted by Crippen LogP contribution is -2.02. The van der Waals surface area contributed by atoms with E-state index in [9.17, 15) is 0 Å². The maximum Gasteiger partial charge on any atom is 0.181 e. The summed E-state index contributed by atoms with van der Waals surface area (Å²) in [5.74, 6) is 0.748. The quantitative estimate of drug-likeness (QED) is 0.772. The van der Waals surface area contributed by atoms with Gasteiger partial charge in [-0.1, -0.05) is 37.0 Å². The second-order valence-electron chi connectivity index (χ2n) is 4.33. The van der Waals surface area contributed by atoms with Gasteiger partial charge in [0.1, 0.15) is 10.8 Å². The molecule has 0 amide bonds. The predicted octanol–water partition coefficient (Wildman–Crippen LogP) is 4.28. The summed E-state index contributed by atoms with van der Waals surface area (Å²) in [6, 6.07) is 3.52. The second kappa shape index (κ2) is 5.21. The van der Waals surface area contributed by atoms with Crippen molar-refractivity contribution in [2.24, 2.45) is 0 Å². The Bertz CT molecular complexity index is 559. The molecule has 0 aliphatic carbocycles. The van der Waals surface area contributed by atoms with Crippen molar-refractivity contribution in [2.75, 3.05) is 0 Å². The lowest BCUT2D eigenvalue weighted by Gasteiger charge is -2.12. The Morgan fingerprint density at radius 1 is 1.17 bits per heavy atom. The van der Waals surface area contributed by atoms with Gasteiger partial charge in [0.2, 0.25) is 0 Å². The van der Waals surface area contributed by atoms with Gasteiger partial charge in [-0.2, -0.15) is 0 Å². The van der Waals surface area contributed by atoms with E-state index in [0.717, 1.165) is 11.3 Å². The van der Waals surface area contributed by atoms with Crippen molar-refractivity contribution in [2.45, 2.75) is 26.7 Å². The maximum atomic E-state index is 6.21. The fraction of sp³-hybridized carbons (Fsp3) is 0.308. The lowest BCUT2D eigenvalue weighted by atomic mass is 10.0. The standard InChI is InChI=1S/C13H13Cl2N3/c1-7(2)10-8(3)17-13(18-12(10)15)11-9(14)5-4-6-16-11/h4-7H,1-3H3. The monoisotopic (exact) mass is 281 g/mol. The molecule has 2 heterocycles. The maximum absolute atomic E-state index is 6.21. The Balaban J connectivity index is 2.59. The lowest BCUT2D eigenvalue weighted by molar-refractivity contribution is 0.830. The van der Waals surface area contributed by atoms with Gasteiger partial charge in [-0.3, -0.25) is 4.98 Å². The fourth-order valence-electron chi connectivity index (χ4n) is 1.86. The number of hydrogen-bond acceptors (Lipinski definition) is 3. The molecule has 0 spiro atoms. The Labute approximate surface area is 116 Å². The molecule has 0 saturated heterocycles.